The van der Waals surface area contributed by atoms with Gasteiger partial charge in [0.15, 0.2) is 0 Å². The first-order valence-electron chi connectivity index (χ1n) is 5.59. The molecule has 2 rings (SSSR count). The maximum atomic E-state index is 5.41. The van der Waals surface area contributed by atoms with Crippen LogP contribution in [0.3, 0.4) is 0 Å². The molecule has 0 saturated heterocycles. The molecule has 1 fully saturated rings. The average Bonchev–Trinajstić information content (AvgIpc) is 2.99. The molecular formula is C12H19NOS. The summed E-state index contributed by atoms with van der Waals surface area (Å²) in [6.45, 7) is 2.11. The Morgan fingerprint density at radius 3 is 2.93 bits per heavy atom. The predicted octanol–water partition coefficient (Wildman–Crippen LogP) is 2.82. The van der Waals surface area contributed by atoms with Crippen molar-refractivity contribution < 1.29 is 4.42 Å². The summed E-state index contributed by atoms with van der Waals surface area (Å²) in [5, 5.41) is 3.41. The lowest BCUT2D eigenvalue weighted by Gasteiger charge is -2.14. The van der Waals surface area contributed by atoms with Gasteiger partial charge in [0, 0.05) is 11.8 Å². The van der Waals surface area contributed by atoms with Gasteiger partial charge in [-0.2, -0.15) is 11.8 Å². The molecule has 1 saturated carbocycles. The Hall–Kier alpha value is -0.410. The highest BCUT2D eigenvalue weighted by Gasteiger charge is 2.29. The van der Waals surface area contributed by atoms with Crippen LogP contribution in [0.2, 0.25) is 0 Å². The second-order valence-corrected chi connectivity index (χ2v) is 5.30. The van der Waals surface area contributed by atoms with Gasteiger partial charge >= 0.3 is 0 Å². The summed E-state index contributed by atoms with van der Waals surface area (Å²) in [5.41, 5.74) is 1.27. The number of thioether (sulfide) groups is 1. The Bertz CT molecular complexity index is 306. The molecule has 1 aromatic rings. The Morgan fingerprint density at radius 1 is 1.60 bits per heavy atom. The summed E-state index contributed by atoms with van der Waals surface area (Å²) in [6, 6.07) is 2.73. The largest absolute Gasteiger partial charge is 0.468 e. The van der Waals surface area contributed by atoms with Crippen LogP contribution >= 0.6 is 11.8 Å². The van der Waals surface area contributed by atoms with Crippen molar-refractivity contribution in [3.63, 3.8) is 0 Å². The zero-order valence-corrected chi connectivity index (χ0v) is 10.3. The zero-order valence-electron chi connectivity index (χ0n) is 9.45. The average molecular weight is 225 g/mol. The molecule has 1 unspecified atom stereocenters. The summed E-state index contributed by atoms with van der Waals surface area (Å²) in [6.07, 6.45) is 4.60. The Kier molecular flexibility index (Phi) is 3.76. The van der Waals surface area contributed by atoms with Gasteiger partial charge in [-0.05, 0) is 44.4 Å². The van der Waals surface area contributed by atoms with Crippen LogP contribution in [0, 0.1) is 12.8 Å². The van der Waals surface area contributed by atoms with E-state index >= 15 is 0 Å². The maximum Gasteiger partial charge on any atom is 0.116 e. The molecule has 0 spiro atoms. The molecule has 0 aliphatic heterocycles. The molecule has 15 heavy (non-hydrogen) atoms. The van der Waals surface area contributed by atoms with Gasteiger partial charge in [0.05, 0.1) is 12.0 Å². The standard InChI is InChI=1S/C12H19NOS/c1-9-5-6-14-12(9)8-15-7-11(13-2)10-3-4-10/h5-6,10-11,13H,3-4,7-8H2,1-2H3. The third kappa shape index (κ3) is 3.02. The van der Waals surface area contributed by atoms with Gasteiger partial charge in [-0.15, -0.1) is 0 Å². The lowest BCUT2D eigenvalue weighted by Crippen LogP contribution is -2.29. The zero-order chi connectivity index (χ0) is 10.7. The summed E-state index contributed by atoms with van der Waals surface area (Å²) in [7, 11) is 2.07. The highest BCUT2D eigenvalue weighted by Crippen LogP contribution is 2.34. The van der Waals surface area contributed by atoms with E-state index in [0.29, 0.717) is 6.04 Å². The van der Waals surface area contributed by atoms with E-state index in [0.717, 1.165) is 17.4 Å². The normalized spacial score (nSPS) is 18.0. The van der Waals surface area contributed by atoms with E-state index in [9.17, 15) is 0 Å². The second-order valence-electron chi connectivity index (χ2n) is 4.27. The molecule has 2 nitrogen and oxygen atoms in total. The fourth-order valence-electron chi connectivity index (χ4n) is 1.78. The first-order chi connectivity index (χ1) is 7.31. The molecule has 3 heteroatoms. The number of aryl methyl sites for hydroxylation is 1. The molecule has 1 heterocycles. The topological polar surface area (TPSA) is 25.2 Å². The van der Waals surface area contributed by atoms with E-state index in [1.807, 2.05) is 17.8 Å². The van der Waals surface area contributed by atoms with Crippen LogP contribution < -0.4 is 5.32 Å². The Balaban J connectivity index is 1.72. The number of furan rings is 1. The van der Waals surface area contributed by atoms with E-state index < -0.39 is 0 Å². The Labute approximate surface area is 95.8 Å². The first kappa shape index (κ1) is 11.1. The third-order valence-electron chi connectivity index (χ3n) is 3.06. The fraction of sp³-hybridized carbons (Fsp3) is 0.667. The SMILES string of the molecule is CNC(CSCc1occc1C)C1CC1. The fourth-order valence-corrected chi connectivity index (χ4v) is 3.08. The molecular weight excluding hydrogens is 206 g/mol. The number of hydrogen-bond donors (Lipinski definition) is 1. The van der Waals surface area contributed by atoms with E-state index in [1.165, 1.54) is 24.2 Å². The van der Waals surface area contributed by atoms with Crippen molar-refractivity contribution in [2.24, 2.45) is 5.92 Å². The van der Waals surface area contributed by atoms with Crippen LogP contribution in [0.5, 0.6) is 0 Å². The molecule has 0 aromatic carbocycles. The molecule has 1 aliphatic carbocycles. The lowest BCUT2D eigenvalue weighted by atomic mass is 10.2. The highest BCUT2D eigenvalue weighted by atomic mass is 32.2. The quantitative estimate of drug-likeness (QED) is 0.806. The number of hydrogen-bond acceptors (Lipinski definition) is 3. The smallest absolute Gasteiger partial charge is 0.116 e. The molecule has 0 bridgehead atoms. The van der Waals surface area contributed by atoms with E-state index in [-0.39, 0.29) is 0 Å². The first-order valence-corrected chi connectivity index (χ1v) is 6.74. The van der Waals surface area contributed by atoms with Gasteiger partial charge in [0.1, 0.15) is 5.76 Å². The molecule has 1 atom stereocenters. The van der Waals surface area contributed by atoms with Crippen molar-refractivity contribution in [2.45, 2.75) is 31.6 Å². The monoisotopic (exact) mass is 225 g/mol. The van der Waals surface area contributed by atoms with E-state index in [4.69, 9.17) is 4.42 Å². The molecule has 1 N–H and O–H groups in total. The van der Waals surface area contributed by atoms with Crippen LogP contribution in [-0.2, 0) is 5.75 Å². The summed E-state index contributed by atoms with van der Waals surface area (Å²) in [4.78, 5) is 0. The Morgan fingerprint density at radius 2 is 2.40 bits per heavy atom. The van der Waals surface area contributed by atoms with Gasteiger partial charge in [0.25, 0.3) is 0 Å². The van der Waals surface area contributed by atoms with Crippen LogP contribution in [0.25, 0.3) is 0 Å². The number of nitrogens with one attached hydrogen (secondary N) is 1. The highest BCUT2D eigenvalue weighted by molar-refractivity contribution is 7.98. The van der Waals surface area contributed by atoms with Crippen molar-refractivity contribution in [3.05, 3.63) is 23.7 Å². The number of rotatable bonds is 6. The van der Waals surface area contributed by atoms with Crippen LogP contribution in [0.4, 0.5) is 0 Å². The van der Waals surface area contributed by atoms with Crippen molar-refractivity contribution in [2.75, 3.05) is 12.8 Å². The molecule has 0 amide bonds. The second kappa shape index (κ2) is 5.08. The van der Waals surface area contributed by atoms with Gasteiger partial charge in [-0.3, -0.25) is 0 Å². The summed E-state index contributed by atoms with van der Waals surface area (Å²) < 4.78 is 5.41. The van der Waals surface area contributed by atoms with Gasteiger partial charge in [-0.1, -0.05) is 0 Å². The minimum atomic E-state index is 0.699. The van der Waals surface area contributed by atoms with E-state index in [2.05, 4.69) is 19.3 Å². The van der Waals surface area contributed by atoms with Crippen molar-refractivity contribution in [1.29, 1.82) is 0 Å². The summed E-state index contributed by atoms with van der Waals surface area (Å²) >= 11 is 1.97. The van der Waals surface area contributed by atoms with Crippen molar-refractivity contribution in [3.8, 4) is 0 Å². The summed E-state index contributed by atoms with van der Waals surface area (Å²) in [5.74, 6) is 4.26. The molecule has 0 radical (unpaired) electrons. The molecule has 1 aromatic heterocycles. The van der Waals surface area contributed by atoms with E-state index in [1.54, 1.807) is 6.26 Å². The maximum absolute atomic E-state index is 5.41. The van der Waals surface area contributed by atoms with Gasteiger partial charge in [0.2, 0.25) is 0 Å². The molecule has 1 aliphatic rings. The lowest BCUT2D eigenvalue weighted by molar-refractivity contribution is 0.526. The van der Waals surface area contributed by atoms with Crippen molar-refractivity contribution >= 4 is 11.8 Å². The van der Waals surface area contributed by atoms with Gasteiger partial charge in [-0.25, -0.2) is 0 Å². The van der Waals surface area contributed by atoms with Gasteiger partial charge < -0.3 is 9.73 Å². The van der Waals surface area contributed by atoms with Crippen LogP contribution in [0.15, 0.2) is 16.7 Å². The third-order valence-corrected chi connectivity index (χ3v) is 4.12. The van der Waals surface area contributed by atoms with Crippen LogP contribution in [0.1, 0.15) is 24.2 Å². The minimum absolute atomic E-state index is 0.699. The van der Waals surface area contributed by atoms with Crippen molar-refractivity contribution in [1.82, 2.24) is 5.32 Å². The predicted molar refractivity (Wildman–Crippen MR) is 65.2 cm³/mol. The minimum Gasteiger partial charge on any atom is -0.468 e. The molecule has 84 valence electrons. The van der Waals surface area contributed by atoms with Crippen LogP contribution in [-0.4, -0.2) is 18.8 Å².